The second-order valence-corrected chi connectivity index (χ2v) is 5.59. The molecule has 0 spiro atoms. The van der Waals surface area contributed by atoms with Crippen LogP contribution in [0.5, 0.6) is 0 Å². The molecule has 0 aromatic heterocycles. The van der Waals surface area contributed by atoms with Crippen LogP contribution in [0.15, 0.2) is 0 Å². The van der Waals surface area contributed by atoms with Gasteiger partial charge in [0.05, 0.1) is 12.9 Å². The van der Waals surface area contributed by atoms with Crippen molar-refractivity contribution >= 4 is 23.9 Å². The predicted octanol–water partition coefficient (Wildman–Crippen LogP) is 0.389. The largest absolute Gasteiger partial charge is 0.329 e. The Bertz CT molecular complexity index is 321. The lowest BCUT2D eigenvalue weighted by atomic mass is 10.5. The molecule has 14 heavy (non-hydrogen) atoms. The van der Waals surface area contributed by atoms with Crippen LogP contribution in [0.2, 0.25) is 0 Å². The van der Waals surface area contributed by atoms with Crippen molar-refractivity contribution in [3.8, 4) is 0 Å². The van der Waals surface area contributed by atoms with E-state index in [0.29, 0.717) is 0 Å². The van der Waals surface area contributed by atoms with Crippen molar-refractivity contribution in [2.45, 2.75) is 19.7 Å². The standard InChI is InChI=1S/C6H13O6PS/c1-4-11-13(8)6(5(2)7)12-14(3,9)10/h6,13H,4H2,1-3H3. The van der Waals surface area contributed by atoms with Gasteiger partial charge in [0, 0.05) is 0 Å². The van der Waals surface area contributed by atoms with Crippen LogP contribution >= 0.6 is 8.03 Å². The van der Waals surface area contributed by atoms with Crippen LogP contribution in [-0.2, 0) is 28.2 Å². The maximum Gasteiger partial charge on any atom is 0.265 e. The quantitative estimate of drug-likeness (QED) is 0.496. The van der Waals surface area contributed by atoms with Crippen molar-refractivity contribution in [1.29, 1.82) is 0 Å². The van der Waals surface area contributed by atoms with E-state index in [1.165, 1.54) is 0 Å². The van der Waals surface area contributed by atoms with E-state index in [9.17, 15) is 17.8 Å². The van der Waals surface area contributed by atoms with E-state index in [1.807, 2.05) is 0 Å². The van der Waals surface area contributed by atoms with Crippen molar-refractivity contribution in [2.24, 2.45) is 0 Å². The molecule has 0 aromatic carbocycles. The molecule has 0 saturated heterocycles. The molecule has 0 aliphatic carbocycles. The molecule has 0 aromatic rings. The third-order valence-electron chi connectivity index (χ3n) is 1.14. The number of rotatable bonds is 6. The highest BCUT2D eigenvalue weighted by Crippen LogP contribution is 2.31. The van der Waals surface area contributed by atoms with Crippen LogP contribution in [-0.4, -0.2) is 32.9 Å². The minimum absolute atomic E-state index is 0.134. The van der Waals surface area contributed by atoms with Crippen molar-refractivity contribution in [1.82, 2.24) is 0 Å². The summed E-state index contributed by atoms with van der Waals surface area (Å²) in [7, 11) is -6.62. The van der Waals surface area contributed by atoms with Crippen molar-refractivity contribution < 1.29 is 26.5 Å². The van der Waals surface area contributed by atoms with E-state index in [1.54, 1.807) is 6.92 Å². The van der Waals surface area contributed by atoms with Crippen molar-refractivity contribution in [2.75, 3.05) is 12.9 Å². The van der Waals surface area contributed by atoms with E-state index in [2.05, 4.69) is 8.71 Å². The van der Waals surface area contributed by atoms with E-state index < -0.39 is 29.8 Å². The maximum absolute atomic E-state index is 11.2. The predicted molar refractivity (Wildman–Crippen MR) is 51.0 cm³/mol. The van der Waals surface area contributed by atoms with E-state index in [0.717, 1.165) is 13.2 Å². The first-order valence-corrected chi connectivity index (χ1v) is 7.04. The Kier molecular flexibility index (Phi) is 5.51. The zero-order valence-electron chi connectivity index (χ0n) is 8.14. The Balaban J connectivity index is 4.62. The van der Waals surface area contributed by atoms with Crippen LogP contribution in [0.1, 0.15) is 13.8 Å². The molecule has 2 atom stereocenters. The molecule has 2 unspecified atom stereocenters. The number of ketones is 1. The van der Waals surface area contributed by atoms with Gasteiger partial charge in [0.15, 0.2) is 5.78 Å². The minimum Gasteiger partial charge on any atom is -0.329 e. The highest BCUT2D eigenvalue weighted by Gasteiger charge is 2.27. The normalized spacial score (nSPS) is 16.2. The lowest BCUT2D eigenvalue weighted by molar-refractivity contribution is -0.120. The molecule has 84 valence electrons. The molecule has 8 heteroatoms. The topological polar surface area (TPSA) is 86.7 Å². The van der Waals surface area contributed by atoms with Crippen molar-refractivity contribution in [3.05, 3.63) is 0 Å². The Labute approximate surface area is 83.6 Å². The lowest BCUT2D eigenvalue weighted by Gasteiger charge is -2.12. The van der Waals surface area contributed by atoms with Gasteiger partial charge in [-0.2, -0.15) is 8.42 Å². The molecule has 0 saturated carbocycles. The molecule has 0 heterocycles. The fourth-order valence-corrected chi connectivity index (χ4v) is 2.76. The van der Waals surface area contributed by atoms with Gasteiger partial charge in [0.2, 0.25) is 13.9 Å². The number of hydrogen-bond acceptors (Lipinski definition) is 6. The van der Waals surface area contributed by atoms with E-state index in [-0.39, 0.29) is 6.61 Å². The second kappa shape index (κ2) is 5.60. The first kappa shape index (κ1) is 13.8. The number of Topliss-reactive ketones (excluding diaryl/α,β-unsaturated/α-hetero) is 1. The molecule has 0 radical (unpaired) electrons. The van der Waals surface area contributed by atoms with Crippen LogP contribution in [0.3, 0.4) is 0 Å². The Morgan fingerprint density at radius 2 is 2.00 bits per heavy atom. The number of carbonyl (C=O) groups excluding carboxylic acids is 1. The van der Waals surface area contributed by atoms with Gasteiger partial charge in [-0.1, -0.05) is 0 Å². The van der Waals surface area contributed by atoms with Gasteiger partial charge < -0.3 is 4.52 Å². The minimum atomic E-state index is -3.81. The zero-order valence-corrected chi connectivity index (χ0v) is 9.96. The monoisotopic (exact) mass is 244 g/mol. The summed E-state index contributed by atoms with van der Waals surface area (Å²) < 4.78 is 41.6. The Morgan fingerprint density at radius 1 is 1.50 bits per heavy atom. The SMILES string of the molecule is CCO[PH](=O)C(OS(C)(=O)=O)C(C)=O. The van der Waals surface area contributed by atoms with Gasteiger partial charge in [-0.3, -0.25) is 9.36 Å². The van der Waals surface area contributed by atoms with Gasteiger partial charge in [-0.15, -0.1) is 0 Å². The summed E-state index contributed by atoms with van der Waals surface area (Å²) in [6.07, 6.45) is 0.782. The third kappa shape index (κ3) is 5.49. The van der Waals surface area contributed by atoms with Gasteiger partial charge >= 0.3 is 0 Å². The van der Waals surface area contributed by atoms with E-state index in [4.69, 9.17) is 0 Å². The van der Waals surface area contributed by atoms with Gasteiger partial charge in [-0.05, 0) is 13.8 Å². The first-order chi connectivity index (χ1) is 6.28. The van der Waals surface area contributed by atoms with Crippen LogP contribution in [0.4, 0.5) is 0 Å². The second-order valence-electron chi connectivity index (χ2n) is 2.54. The van der Waals surface area contributed by atoms with Crippen LogP contribution in [0.25, 0.3) is 0 Å². The van der Waals surface area contributed by atoms with Gasteiger partial charge in [-0.25, -0.2) is 4.18 Å². The average molecular weight is 244 g/mol. The molecule has 0 amide bonds. The zero-order chi connectivity index (χ0) is 11.4. The summed E-state index contributed by atoms with van der Waals surface area (Å²) in [5.41, 5.74) is 0. The van der Waals surface area contributed by atoms with Gasteiger partial charge in [0.25, 0.3) is 10.1 Å². The Morgan fingerprint density at radius 3 is 2.29 bits per heavy atom. The van der Waals surface area contributed by atoms with E-state index >= 15 is 0 Å². The van der Waals surface area contributed by atoms with Crippen molar-refractivity contribution in [3.63, 3.8) is 0 Å². The maximum atomic E-state index is 11.2. The fourth-order valence-electron chi connectivity index (χ4n) is 0.666. The highest BCUT2D eigenvalue weighted by atomic mass is 32.2. The smallest absolute Gasteiger partial charge is 0.265 e. The molecule has 0 N–H and O–H groups in total. The number of hydrogen-bond donors (Lipinski definition) is 0. The average Bonchev–Trinajstić information content (AvgIpc) is 1.98. The summed E-state index contributed by atoms with van der Waals surface area (Å²) in [6.45, 7) is 2.81. The molecule has 6 nitrogen and oxygen atoms in total. The van der Waals surface area contributed by atoms with Gasteiger partial charge in [0.1, 0.15) is 0 Å². The summed E-state index contributed by atoms with van der Waals surface area (Å²) in [5, 5.41) is 0. The molecular weight excluding hydrogens is 231 g/mol. The molecule has 0 aliphatic heterocycles. The summed E-state index contributed by atoms with van der Waals surface area (Å²) >= 11 is 0. The number of carbonyl (C=O) groups is 1. The third-order valence-corrected chi connectivity index (χ3v) is 3.38. The summed E-state index contributed by atoms with van der Waals surface area (Å²) in [6, 6.07) is 0. The summed E-state index contributed by atoms with van der Waals surface area (Å²) in [4.78, 5) is 10.9. The molecule has 0 fully saturated rings. The molecule has 0 aliphatic rings. The highest BCUT2D eigenvalue weighted by molar-refractivity contribution is 7.86. The molecular formula is C6H13O6PS. The Hall–Kier alpha value is -0.230. The lowest BCUT2D eigenvalue weighted by Crippen LogP contribution is -2.22. The first-order valence-electron chi connectivity index (χ1n) is 3.83. The van der Waals surface area contributed by atoms with Crippen LogP contribution in [0, 0.1) is 0 Å². The molecule has 0 bridgehead atoms. The fraction of sp³-hybridized carbons (Fsp3) is 0.833. The summed E-state index contributed by atoms with van der Waals surface area (Å²) in [5.74, 6) is -2.14. The molecule has 0 rings (SSSR count). The van der Waals surface area contributed by atoms with Crippen LogP contribution < -0.4 is 0 Å².